The average molecular weight is 383 g/mol. The highest BCUT2D eigenvalue weighted by molar-refractivity contribution is 7.12. The van der Waals surface area contributed by atoms with Crippen LogP contribution in [0, 0.1) is 0 Å². The molecule has 1 heterocycles. The summed E-state index contributed by atoms with van der Waals surface area (Å²) in [5.41, 5.74) is 4.95. The number of carbonyl (C=O) groups is 2. The molecule has 0 bridgehead atoms. The molecule has 0 spiro atoms. The van der Waals surface area contributed by atoms with Crippen molar-refractivity contribution in [3.8, 4) is 11.5 Å². The van der Waals surface area contributed by atoms with E-state index < -0.39 is 5.91 Å². The first-order valence-corrected chi connectivity index (χ1v) is 8.97. The third kappa shape index (κ3) is 5.11. The minimum absolute atomic E-state index is 0.246. The Hall–Kier alpha value is -2.25. The lowest BCUT2D eigenvalue weighted by Gasteiger charge is -2.14. The Morgan fingerprint density at radius 2 is 2.00 bits per heavy atom. The van der Waals surface area contributed by atoms with Gasteiger partial charge < -0.3 is 9.47 Å². The lowest BCUT2D eigenvalue weighted by atomic mass is 10.2. The van der Waals surface area contributed by atoms with Crippen molar-refractivity contribution in [1.29, 1.82) is 0 Å². The second kappa shape index (κ2) is 9.29. The Labute approximate surface area is 155 Å². The van der Waals surface area contributed by atoms with Crippen molar-refractivity contribution in [2.45, 2.75) is 19.8 Å². The van der Waals surface area contributed by atoms with Gasteiger partial charge in [0.05, 0.1) is 23.6 Å². The molecule has 0 unspecified atom stereocenters. The van der Waals surface area contributed by atoms with E-state index in [1.165, 1.54) is 30.6 Å². The van der Waals surface area contributed by atoms with Crippen LogP contribution >= 0.6 is 22.9 Å². The third-order valence-corrected chi connectivity index (χ3v) is 4.42. The minimum Gasteiger partial charge on any atom is -0.493 e. The van der Waals surface area contributed by atoms with Crippen LogP contribution in [-0.4, -0.2) is 25.5 Å². The van der Waals surface area contributed by atoms with Gasteiger partial charge in [0.25, 0.3) is 11.8 Å². The molecule has 0 saturated heterocycles. The molecule has 2 rings (SSSR count). The molecule has 0 fully saturated rings. The molecule has 6 nitrogen and oxygen atoms in total. The normalized spacial score (nSPS) is 10.2. The largest absolute Gasteiger partial charge is 0.493 e. The summed E-state index contributed by atoms with van der Waals surface area (Å²) in [5.74, 6) is -0.138. The summed E-state index contributed by atoms with van der Waals surface area (Å²) >= 11 is 7.49. The number of rotatable bonds is 7. The van der Waals surface area contributed by atoms with Crippen LogP contribution < -0.4 is 20.3 Å². The number of thiophene rings is 1. The van der Waals surface area contributed by atoms with Crippen molar-refractivity contribution in [2.75, 3.05) is 13.7 Å². The van der Waals surface area contributed by atoms with Gasteiger partial charge in [-0.2, -0.15) is 0 Å². The Kier molecular flexibility index (Phi) is 7.09. The van der Waals surface area contributed by atoms with Gasteiger partial charge in [-0.15, -0.1) is 11.3 Å². The van der Waals surface area contributed by atoms with Crippen LogP contribution in [0.25, 0.3) is 0 Å². The minimum atomic E-state index is -0.509. The number of halogens is 1. The van der Waals surface area contributed by atoms with Crippen LogP contribution in [0.4, 0.5) is 0 Å². The third-order valence-electron chi connectivity index (χ3n) is 3.27. The zero-order chi connectivity index (χ0) is 18.2. The van der Waals surface area contributed by atoms with Gasteiger partial charge in [0.1, 0.15) is 0 Å². The maximum Gasteiger partial charge on any atom is 0.279 e. The van der Waals surface area contributed by atoms with Gasteiger partial charge in [-0.25, -0.2) is 0 Å². The highest BCUT2D eigenvalue weighted by Gasteiger charge is 2.16. The molecule has 2 amide bonds. The molecule has 0 saturated carbocycles. The second-order valence-corrected chi connectivity index (χ2v) is 6.43. The first kappa shape index (κ1) is 19.1. The maximum absolute atomic E-state index is 12.2. The first-order valence-electron chi connectivity index (χ1n) is 7.71. The van der Waals surface area contributed by atoms with Crippen molar-refractivity contribution in [2.24, 2.45) is 0 Å². The Bertz CT molecular complexity index is 734. The van der Waals surface area contributed by atoms with Gasteiger partial charge in [0, 0.05) is 5.56 Å². The van der Waals surface area contributed by atoms with E-state index in [9.17, 15) is 9.59 Å². The van der Waals surface area contributed by atoms with Crippen LogP contribution in [0.1, 0.15) is 39.8 Å². The molecule has 1 aromatic heterocycles. The van der Waals surface area contributed by atoms with Crippen LogP contribution in [0.3, 0.4) is 0 Å². The second-order valence-electron chi connectivity index (χ2n) is 5.08. The average Bonchev–Trinajstić information content (AvgIpc) is 3.15. The molecule has 25 heavy (non-hydrogen) atoms. The number of ether oxygens (including phenoxy) is 2. The molecule has 2 N–H and O–H groups in total. The van der Waals surface area contributed by atoms with Crippen molar-refractivity contribution in [1.82, 2.24) is 10.9 Å². The van der Waals surface area contributed by atoms with Crippen molar-refractivity contribution >= 4 is 34.8 Å². The molecule has 0 aliphatic rings. The summed E-state index contributed by atoms with van der Waals surface area (Å²) in [6.45, 7) is 2.56. The standard InChI is InChI=1S/C17H19ClN2O4S/c1-3-4-7-24-15-12(18)9-11(10-13(15)23-2)16(21)19-20-17(22)14-6-5-8-25-14/h5-6,8-10H,3-4,7H2,1-2H3,(H,19,21)(H,20,22). The van der Waals surface area contributed by atoms with Gasteiger partial charge in [0.15, 0.2) is 11.5 Å². The van der Waals surface area contributed by atoms with E-state index in [2.05, 4.69) is 17.8 Å². The van der Waals surface area contributed by atoms with Gasteiger partial charge >= 0.3 is 0 Å². The van der Waals surface area contributed by atoms with Gasteiger partial charge in [-0.1, -0.05) is 31.0 Å². The number of amides is 2. The topological polar surface area (TPSA) is 76.7 Å². The van der Waals surface area contributed by atoms with E-state index in [1.807, 2.05) is 0 Å². The summed E-state index contributed by atoms with van der Waals surface area (Å²) in [5, 5.41) is 2.05. The highest BCUT2D eigenvalue weighted by atomic mass is 35.5. The van der Waals surface area contributed by atoms with E-state index in [-0.39, 0.29) is 16.5 Å². The number of hydrazine groups is 1. The monoisotopic (exact) mass is 382 g/mol. The number of nitrogens with one attached hydrogen (secondary N) is 2. The smallest absolute Gasteiger partial charge is 0.279 e. The van der Waals surface area contributed by atoms with E-state index in [4.69, 9.17) is 21.1 Å². The fourth-order valence-corrected chi connectivity index (χ4v) is 2.85. The maximum atomic E-state index is 12.2. The van der Waals surface area contributed by atoms with Crippen LogP contribution in [-0.2, 0) is 0 Å². The number of benzene rings is 1. The van der Waals surface area contributed by atoms with Crippen LogP contribution in [0.5, 0.6) is 11.5 Å². The lowest BCUT2D eigenvalue weighted by Crippen LogP contribution is -2.41. The number of hydrogen-bond donors (Lipinski definition) is 2. The summed E-state index contributed by atoms with van der Waals surface area (Å²) in [6, 6.07) is 6.40. The lowest BCUT2D eigenvalue weighted by molar-refractivity contribution is 0.0848. The fraction of sp³-hybridized carbons (Fsp3) is 0.294. The van der Waals surface area contributed by atoms with Gasteiger partial charge in [-0.3, -0.25) is 20.4 Å². The summed E-state index contributed by atoms with van der Waals surface area (Å²) in [6.07, 6.45) is 1.88. The molecule has 0 atom stereocenters. The quantitative estimate of drug-likeness (QED) is 0.566. The molecule has 8 heteroatoms. The molecule has 0 radical (unpaired) electrons. The summed E-state index contributed by atoms with van der Waals surface area (Å²) in [4.78, 5) is 24.6. The Balaban J connectivity index is 2.06. The number of unbranched alkanes of at least 4 members (excludes halogenated alkanes) is 1. The Morgan fingerprint density at radius 1 is 1.24 bits per heavy atom. The van der Waals surface area contributed by atoms with Gasteiger partial charge in [0.2, 0.25) is 0 Å². The molecule has 134 valence electrons. The zero-order valence-corrected chi connectivity index (χ0v) is 15.5. The zero-order valence-electron chi connectivity index (χ0n) is 13.9. The van der Waals surface area contributed by atoms with Crippen LogP contribution in [0.2, 0.25) is 5.02 Å². The SMILES string of the molecule is CCCCOc1c(Cl)cc(C(=O)NNC(=O)c2cccs2)cc1OC. The predicted octanol–water partition coefficient (Wildman–Crippen LogP) is 3.66. The molecular formula is C17H19ClN2O4S. The fourth-order valence-electron chi connectivity index (χ4n) is 1.96. The molecule has 1 aromatic carbocycles. The predicted molar refractivity (Wildman–Crippen MR) is 97.7 cm³/mol. The van der Waals surface area contributed by atoms with Gasteiger partial charge in [-0.05, 0) is 30.0 Å². The summed E-state index contributed by atoms with van der Waals surface area (Å²) < 4.78 is 10.9. The number of carbonyl (C=O) groups excluding carboxylic acids is 2. The first-order chi connectivity index (χ1) is 12.1. The highest BCUT2D eigenvalue weighted by Crippen LogP contribution is 2.36. The number of hydrogen-bond acceptors (Lipinski definition) is 5. The summed E-state index contributed by atoms with van der Waals surface area (Å²) in [7, 11) is 1.47. The van der Waals surface area contributed by atoms with Crippen LogP contribution in [0.15, 0.2) is 29.6 Å². The van der Waals surface area contributed by atoms with E-state index in [0.29, 0.717) is 23.0 Å². The number of methoxy groups -OCH3 is 1. The molecular weight excluding hydrogens is 364 g/mol. The van der Waals surface area contributed by atoms with Crippen molar-refractivity contribution in [3.63, 3.8) is 0 Å². The molecule has 0 aliphatic carbocycles. The van der Waals surface area contributed by atoms with Crippen molar-refractivity contribution < 1.29 is 19.1 Å². The van der Waals surface area contributed by atoms with E-state index in [1.54, 1.807) is 17.5 Å². The molecule has 2 aromatic rings. The molecule has 0 aliphatic heterocycles. The Morgan fingerprint density at radius 3 is 2.64 bits per heavy atom. The van der Waals surface area contributed by atoms with E-state index >= 15 is 0 Å². The van der Waals surface area contributed by atoms with Crippen molar-refractivity contribution in [3.05, 3.63) is 45.1 Å². The van der Waals surface area contributed by atoms with E-state index in [0.717, 1.165) is 12.8 Å².